The average molecular weight is 1100 g/mol. The van der Waals surface area contributed by atoms with Crippen LogP contribution in [-0.4, -0.2) is 133 Å². The monoisotopic (exact) mass is 1090 g/mol. The van der Waals surface area contributed by atoms with Gasteiger partial charge in [0.25, 0.3) is 0 Å². The summed E-state index contributed by atoms with van der Waals surface area (Å²) in [6.45, 7) is 13.7. The summed E-state index contributed by atoms with van der Waals surface area (Å²) in [5.41, 5.74) is 0. The van der Waals surface area contributed by atoms with Crippen LogP contribution in [0.15, 0.2) is 0 Å². The number of carbonyl (C=O) groups excluding carboxylic acids is 4. The Hall–Kier alpha value is -2.14. The van der Waals surface area contributed by atoms with E-state index in [1.807, 2.05) is 0 Å². The molecular formula is C56H111N4O12PS. The SMILES string of the molecule is CCCCCCCCCCCCCCCC(=O)N[C@@H](CSC[C@@H](COC(=O)NCCCCCCCCCC)OC(=O)NCCCCCCCCCC)C(=O)NCCOCCOCCOCCP(=O)(OCC)OCC. The van der Waals surface area contributed by atoms with Crippen LogP contribution in [0.3, 0.4) is 0 Å². The molecule has 4 N–H and O–H groups in total. The fourth-order valence-corrected chi connectivity index (χ4v) is 10.7. The van der Waals surface area contributed by atoms with Gasteiger partial charge in [0.1, 0.15) is 18.8 Å². The topological polar surface area (TPSA) is 198 Å². The maximum Gasteiger partial charge on any atom is 0.407 e. The highest BCUT2D eigenvalue weighted by Gasteiger charge is 2.24. The summed E-state index contributed by atoms with van der Waals surface area (Å²) in [5.74, 6) is -0.0755. The number of amides is 4. The number of hydrogen-bond acceptors (Lipinski definition) is 13. The number of rotatable bonds is 57. The number of nitrogens with one attached hydrogen (secondary N) is 4. The van der Waals surface area contributed by atoms with E-state index in [2.05, 4.69) is 42.0 Å². The molecule has 0 aromatic carbocycles. The Morgan fingerprint density at radius 1 is 0.459 bits per heavy atom. The van der Waals surface area contributed by atoms with Crippen molar-refractivity contribution in [1.82, 2.24) is 21.3 Å². The van der Waals surface area contributed by atoms with E-state index in [0.29, 0.717) is 59.2 Å². The van der Waals surface area contributed by atoms with Crippen LogP contribution in [0.1, 0.15) is 227 Å². The van der Waals surface area contributed by atoms with Crippen LogP contribution in [-0.2, 0) is 46.9 Å². The van der Waals surface area contributed by atoms with E-state index >= 15 is 0 Å². The third-order valence-electron chi connectivity index (χ3n) is 12.5. The van der Waals surface area contributed by atoms with Crippen LogP contribution in [0.5, 0.6) is 0 Å². The molecule has 438 valence electrons. The minimum atomic E-state index is -3.14. The van der Waals surface area contributed by atoms with E-state index in [9.17, 15) is 23.7 Å². The Labute approximate surface area is 455 Å². The van der Waals surface area contributed by atoms with E-state index in [1.54, 1.807) is 13.8 Å². The van der Waals surface area contributed by atoms with Gasteiger partial charge in [-0.2, -0.15) is 11.8 Å². The molecular weight excluding hydrogens is 984 g/mol. The molecule has 0 spiro atoms. The van der Waals surface area contributed by atoms with Crippen molar-refractivity contribution in [3.63, 3.8) is 0 Å². The molecule has 2 atom stereocenters. The van der Waals surface area contributed by atoms with Crippen molar-refractivity contribution in [3.05, 3.63) is 0 Å². The van der Waals surface area contributed by atoms with E-state index in [1.165, 1.54) is 140 Å². The number of ether oxygens (including phenoxy) is 5. The molecule has 0 fully saturated rings. The molecule has 0 heterocycles. The van der Waals surface area contributed by atoms with Crippen molar-refractivity contribution in [1.29, 1.82) is 0 Å². The molecule has 74 heavy (non-hydrogen) atoms. The molecule has 0 rings (SSSR count). The van der Waals surface area contributed by atoms with Gasteiger partial charge in [0.05, 0.1) is 59.0 Å². The molecule has 0 radical (unpaired) electrons. The first-order chi connectivity index (χ1) is 36.1. The highest BCUT2D eigenvalue weighted by Crippen LogP contribution is 2.47. The van der Waals surface area contributed by atoms with Crippen LogP contribution < -0.4 is 21.3 Å². The predicted molar refractivity (Wildman–Crippen MR) is 304 cm³/mol. The molecule has 0 aromatic rings. The van der Waals surface area contributed by atoms with Crippen LogP contribution in [0.2, 0.25) is 0 Å². The minimum absolute atomic E-state index is 0.149. The van der Waals surface area contributed by atoms with Gasteiger partial charge in [-0.3, -0.25) is 14.2 Å². The zero-order valence-electron chi connectivity index (χ0n) is 47.7. The normalized spacial score (nSPS) is 12.3. The van der Waals surface area contributed by atoms with Crippen molar-refractivity contribution >= 4 is 43.4 Å². The molecule has 4 amide bonds. The number of carbonyl (C=O) groups is 4. The largest absolute Gasteiger partial charge is 0.446 e. The van der Waals surface area contributed by atoms with E-state index in [-0.39, 0.29) is 55.8 Å². The summed E-state index contributed by atoms with van der Waals surface area (Å²) in [6, 6.07) is -0.846. The first-order valence-electron chi connectivity index (χ1n) is 29.8. The van der Waals surface area contributed by atoms with Gasteiger partial charge >= 0.3 is 19.8 Å². The maximum absolute atomic E-state index is 13.6. The molecule has 0 unspecified atom stereocenters. The van der Waals surface area contributed by atoms with Crippen LogP contribution in [0.4, 0.5) is 9.59 Å². The fraction of sp³-hybridized carbons (Fsp3) is 0.929. The van der Waals surface area contributed by atoms with Gasteiger partial charge in [-0.05, 0) is 33.1 Å². The highest BCUT2D eigenvalue weighted by molar-refractivity contribution is 7.99. The average Bonchev–Trinajstić information content (AvgIpc) is 3.38. The second kappa shape index (κ2) is 55.6. The first-order valence-corrected chi connectivity index (χ1v) is 32.6. The molecule has 0 saturated carbocycles. The first kappa shape index (κ1) is 71.9. The molecule has 0 saturated heterocycles. The Balaban J connectivity index is 5.23. The summed E-state index contributed by atoms with van der Waals surface area (Å²) in [5, 5.41) is 11.5. The summed E-state index contributed by atoms with van der Waals surface area (Å²) in [6.07, 6.45) is 32.8. The van der Waals surface area contributed by atoms with Gasteiger partial charge in [0.15, 0.2) is 0 Å². The summed E-state index contributed by atoms with van der Waals surface area (Å²) < 4.78 is 51.2. The maximum atomic E-state index is 13.6. The summed E-state index contributed by atoms with van der Waals surface area (Å²) in [7, 11) is -3.14. The van der Waals surface area contributed by atoms with Crippen LogP contribution >= 0.6 is 19.4 Å². The van der Waals surface area contributed by atoms with Crippen molar-refractivity contribution in [3.8, 4) is 0 Å². The minimum Gasteiger partial charge on any atom is -0.446 e. The predicted octanol–water partition coefficient (Wildman–Crippen LogP) is 13.2. The molecule has 18 heteroatoms. The number of alkyl carbamates (subject to hydrolysis) is 2. The van der Waals surface area contributed by atoms with E-state index in [0.717, 1.165) is 57.8 Å². The molecule has 16 nitrogen and oxygen atoms in total. The molecule has 0 aromatic heterocycles. The third-order valence-corrected chi connectivity index (χ3v) is 15.7. The standard InChI is InChI=1S/C56H111N4O12PS/c1-6-11-14-17-20-23-24-25-26-27-28-31-34-37-53(61)60-52(54(62)57-40-41-66-42-43-67-44-45-68-46-47-73(65,70-9-4)71-10-5)50-74-49-51(72-56(64)59-39-36-33-30-22-19-16-13-8-3)48-69-55(63)58-38-35-32-29-21-18-15-12-7-2/h51-52H,6-50H2,1-5H3,(H,57,62)(H,58,63)(H,59,64)(H,60,61)/t51-,52+/m1/s1. The van der Waals surface area contributed by atoms with Crippen molar-refractivity contribution in [2.24, 2.45) is 0 Å². The Kier molecular flexibility index (Phi) is 54.0. The van der Waals surface area contributed by atoms with Gasteiger partial charge in [0, 0.05) is 37.6 Å². The number of thioether (sulfide) groups is 1. The smallest absolute Gasteiger partial charge is 0.407 e. The van der Waals surface area contributed by atoms with E-state index in [4.69, 9.17) is 32.7 Å². The molecule has 0 aliphatic carbocycles. The number of unbranched alkanes of at least 4 members (excludes halogenated alkanes) is 26. The lowest BCUT2D eigenvalue weighted by Crippen LogP contribution is -2.49. The Bertz CT molecular complexity index is 1330. The van der Waals surface area contributed by atoms with Crippen molar-refractivity contribution < 1.29 is 56.5 Å². The Morgan fingerprint density at radius 2 is 0.878 bits per heavy atom. The molecule has 0 aliphatic rings. The lowest BCUT2D eigenvalue weighted by molar-refractivity contribution is -0.128. The van der Waals surface area contributed by atoms with E-state index < -0.39 is 31.9 Å². The molecule has 0 aliphatic heterocycles. The quantitative estimate of drug-likeness (QED) is 0.0332. The van der Waals surface area contributed by atoms with Crippen LogP contribution in [0.25, 0.3) is 0 Å². The van der Waals surface area contributed by atoms with Gasteiger partial charge in [-0.25, -0.2) is 9.59 Å². The lowest BCUT2D eigenvalue weighted by Gasteiger charge is -2.21. The number of hydrogen-bond donors (Lipinski definition) is 4. The zero-order valence-corrected chi connectivity index (χ0v) is 49.4. The van der Waals surface area contributed by atoms with Gasteiger partial charge in [-0.1, -0.05) is 188 Å². The third kappa shape index (κ3) is 49.4. The lowest BCUT2D eigenvalue weighted by atomic mass is 10.0. The van der Waals surface area contributed by atoms with Crippen molar-refractivity contribution in [2.45, 2.75) is 239 Å². The fourth-order valence-electron chi connectivity index (χ4n) is 8.15. The Morgan fingerprint density at radius 3 is 1.35 bits per heavy atom. The van der Waals surface area contributed by atoms with Gasteiger partial charge < -0.3 is 54.0 Å². The summed E-state index contributed by atoms with van der Waals surface area (Å²) >= 11 is 1.35. The zero-order chi connectivity index (χ0) is 54.3. The second-order valence-corrected chi connectivity index (χ2v) is 22.6. The highest BCUT2D eigenvalue weighted by atomic mass is 32.2. The second-order valence-electron chi connectivity index (χ2n) is 19.4. The van der Waals surface area contributed by atoms with Gasteiger partial charge in [0.2, 0.25) is 11.8 Å². The summed E-state index contributed by atoms with van der Waals surface area (Å²) in [4.78, 5) is 52.5. The van der Waals surface area contributed by atoms with Gasteiger partial charge in [-0.15, -0.1) is 0 Å². The van der Waals surface area contributed by atoms with Crippen LogP contribution in [0, 0.1) is 0 Å². The van der Waals surface area contributed by atoms with Crippen molar-refractivity contribution in [2.75, 3.05) is 96.8 Å². The molecule has 0 bridgehead atoms.